The van der Waals surface area contributed by atoms with Crippen LogP contribution in [0.4, 0.5) is 29.1 Å². The second-order valence-corrected chi connectivity index (χ2v) is 13.6. The van der Waals surface area contributed by atoms with Gasteiger partial charge in [0.05, 0.1) is 38.9 Å². The number of esters is 1. The van der Waals surface area contributed by atoms with Crippen molar-refractivity contribution in [1.29, 1.82) is 0 Å². The molecule has 3 aliphatic heterocycles. The Bertz CT molecular complexity index is 1720. The molecule has 0 bridgehead atoms. The molecule has 1 amide bonds. The molecule has 4 heterocycles. The van der Waals surface area contributed by atoms with Crippen LogP contribution in [0.25, 0.3) is 0 Å². The number of piperidine rings is 1. The lowest BCUT2D eigenvalue weighted by Gasteiger charge is -2.35. The summed E-state index contributed by atoms with van der Waals surface area (Å²) in [5, 5.41) is 0. The fourth-order valence-corrected chi connectivity index (χ4v) is 7.90. The molecule has 3 aliphatic rings. The van der Waals surface area contributed by atoms with Crippen molar-refractivity contribution in [1.82, 2.24) is 14.9 Å². The number of rotatable bonds is 9. The minimum Gasteiger partial charge on any atom is -0.497 e. The van der Waals surface area contributed by atoms with Gasteiger partial charge in [0.25, 0.3) is 5.91 Å². The predicted molar refractivity (Wildman–Crippen MR) is 182 cm³/mol. The number of nitrogens with zero attached hydrogens (tertiary/aromatic N) is 5. The normalized spacial score (nSPS) is 24.2. The van der Waals surface area contributed by atoms with Crippen molar-refractivity contribution in [2.24, 2.45) is 11.8 Å². The molecule has 3 saturated heterocycles. The highest BCUT2D eigenvalue weighted by molar-refractivity contribution is 5.89. The van der Waals surface area contributed by atoms with Crippen LogP contribution in [0.2, 0.25) is 0 Å². The van der Waals surface area contributed by atoms with Crippen LogP contribution >= 0.6 is 0 Å². The van der Waals surface area contributed by atoms with Gasteiger partial charge >= 0.3 is 12.1 Å². The first-order valence-electron chi connectivity index (χ1n) is 17.1. The van der Waals surface area contributed by atoms with Crippen molar-refractivity contribution >= 4 is 23.4 Å². The van der Waals surface area contributed by atoms with Crippen LogP contribution in [0.5, 0.6) is 5.75 Å². The number of likely N-dealkylation sites (tertiary alicyclic amines) is 1. The molecule has 6 rings (SSSR count). The Balaban J connectivity index is 1.33. The summed E-state index contributed by atoms with van der Waals surface area (Å²) < 4.78 is 75.6. The average molecular weight is 714 g/mol. The SMILES string of the molecule is COC[C@H]1CN(C(=O)[C@]2(F)CN(c3ccnc(C)n3)C[C@H]2c2ccc(OC)cc2)C[C@@H]1c1ccc(C(F)(F)F)cc1N1CCC(C(=O)OC)CC1. The number of methoxy groups -OCH3 is 3. The third-order valence-electron chi connectivity index (χ3n) is 10.6. The fourth-order valence-electron chi connectivity index (χ4n) is 7.90. The van der Waals surface area contributed by atoms with Gasteiger partial charge in [-0.25, -0.2) is 14.4 Å². The lowest BCUT2D eigenvalue weighted by atomic mass is 9.85. The maximum absolute atomic E-state index is 17.7. The summed E-state index contributed by atoms with van der Waals surface area (Å²) in [6.07, 6.45) is -2.12. The number of hydrogen-bond donors (Lipinski definition) is 0. The van der Waals surface area contributed by atoms with Crippen LogP contribution in [0.1, 0.15) is 47.2 Å². The molecular weight excluding hydrogens is 670 g/mol. The minimum absolute atomic E-state index is 0.0947. The molecule has 4 atom stereocenters. The zero-order chi connectivity index (χ0) is 36.5. The Hall–Kier alpha value is -4.46. The van der Waals surface area contributed by atoms with Crippen LogP contribution in [0.15, 0.2) is 54.7 Å². The number of amides is 1. The monoisotopic (exact) mass is 713 g/mol. The van der Waals surface area contributed by atoms with Crippen molar-refractivity contribution in [2.45, 2.75) is 43.4 Å². The summed E-state index contributed by atoms with van der Waals surface area (Å²) in [6.45, 7) is 2.87. The van der Waals surface area contributed by atoms with Gasteiger partial charge < -0.3 is 28.9 Å². The van der Waals surface area contributed by atoms with Gasteiger partial charge in [0.1, 0.15) is 17.4 Å². The average Bonchev–Trinajstić information content (AvgIpc) is 3.72. The van der Waals surface area contributed by atoms with Gasteiger partial charge in [-0.2, -0.15) is 13.2 Å². The molecule has 10 nitrogen and oxygen atoms in total. The molecule has 51 heavy (non-hydrogen) atoms. The number of carbonyl (C=O) groups excluding carboxylic acids is 2. The Morgan fingerprint density at radius 1 is 0.961 bits per heavy atom. The lowest BCUT2D eigenvalue weighted by Crippen LogP contribution is -2.50. The number of aryl methyl sites for hydroxylation is 1. The van der Waals surface area contributed by atoms with Gasteiger partial charge in [0.15, 0.2) is 0 Å². The topological polar surface area (TPSA) is 97.3 Å². The number of alkyl halides is 4. The molecular formula is C37H43F4N5O5. The number of benzene rings is 2. The Morgan fingerprint density at radius 3 is 2.31 bits per heavy atom. The Morgan fingerprint density at radius 2 is 1.69 bits per heavy atom. The van der Waals surface area contributed by atoms with E-state index in [1.165, 1.54) is 25.2 Å². The van der Waals surface area contributed by atoms with E-state index in [0.717, 1.165) is 12.1 Å². The molecule has 0 radical (unpaired) electrons. The first kappa shape index (κ1) is 36.3. The van der Waals surface area contributed by atoms with Crippen molar-refractivity contribution in [3.63, 3.8) is 0 Å². The lowest BCUT2D eigenvalue weighted by molar-refractivity contribution is -0.146. The number of halogens is 4. The van der Waals surface area contributed by atoms with E-state index in [2.05, 4.69) is 9.97 Å². The summed E-state index contributed by atoms with van der Waals surface area (Å²) >= 11 is 0. The van der Waals surface area contributed by atoms with Gasteiger partial charge in [0.2, 0.25) is 5.67 Å². The molecule has 0 aliphatic carbocycles. The number of ether oxygens (including phenoxy) is 3. The molecule has 0 saturated carbocycles. The van der Waals surface area contributed by atoms with Gasteiger partial charge in [-0.05, 0) is 61.2 Å². The molecule has 0 unspecified atom stereocenters. The van der Waals surface area contributed by atoms with Crippen LogP contribution in [-0.4, -0.2) is 99.6 Å². The van der Waals surface area contributed by atoms with Crippen molar-refractivity contribution in [3.05, 3.63) is 77.2 Å². The molecule has 274 valence electrons. The first-order valence-corrected chi connectivity index (χ1v) is 17.1. The summed E-state index contributed by atoms with van der Waals surface area (Å²) in [7, 11) is 4.39. The Kier molecular flexibility index (Phi) is 10.4. The van der Waals surface area contributed by atoms with E-state index < -0.39 is 35.2 Å². The van der Waals surface area contributed by atoms with E-state index in [-0.39, 0.29) is 50.6 Å². The van der Waals surface area contributed by atoms with Crippen molar-refractivity contribution in [2.75, 3.05) is 77.0 Å². The molecule has 0 N–H and O–H groups in total. The molecule has 0 spiro atoms. The second kappa shape index (κ2) is 14.6. The number of hydrogen-bond acceptors (Lipinski definition) is 9. The van der Waals surface area contributed by atoms with E-state index >= 15 is 4.39 Å². The molecule has 1 aromatic heterocycles. The van der Waals surface area contributed by atoms with Crippen LogP contribution < -0.4 is 14.5 Å². The van der Waals surface area contributed by atoms with Gasteiger partial charge in [-0.1, -0.05) is 18.2 Å². The second-order valence-electron chi connectivity index (χ2n) is 13.6. The quantitative estimate of drug-likeness (QED) is 0.213. The zero-order valence-corrected chi connectivity index (χ0v) is 29.2. The summed E-state index contributed by atoms with van der Waals surface area (Å²) in [6, 6.07) is 12.4. The number of anilines is 2. The zero-order valence-electron chi connectivity index (χ0n) is 29.2. The van der Waals surface area contributed by atoms with E-state index in [4.69, 9.17) is 14.2 Å². The molecule has 2 aromatic carbocycles. The third kappa shape index (κ3) is 7.33. The largest absolute Gasteiger partial charge is 0.497 e. The van der Waals surface area contributed by atoms with E-state index in [9.17, 15) is 22.8 Å². The first-order chi connectivity index (χ1) is 24.4. The summed E-state index contributed by atoms with van der Waals surface area (Å²) in [5.74, 6) is -1.32. The number of carbonyl (C=O) groups is 2. The van der Waals surface area contributed by atoms with Crippen molar-refractivity contribution in [3.8, 4) is 5.75 Å². The third-order valence-corrected chi connectivity index (χ3v) is 10.6. The van der Waals surface area contributed by atoms with Gasteiger partial charge in [-0.3, -0.25) is 9.59 Å². The molecule has 14 heteroatoms. The maximum atomic E-state index is 17.7. The summed E-state index contributed by atoms with van der Waals surface area (Å²) in [4.78, 5) is 40.6. The van der Waals surface area contributed by atoms with Crippen molar-refractivity contribution < 1.29 is 41.4 Å². The maximum Gasteiger partial charge on any atom is 0.416 e. The highest BCUT2D eigenvalue weighted by Crippen LogP contribution is 2.46. The van der Waals surface area contributed by atoms with Gasteiger partial charge in [0, 0.05) is 69.5 Å². The van der Waals surface area contributed by atoms with Gasteiger partial charge in [-0.15, -0.1) is 0 Å². The smallest absolute Gasteiger partial charge is 0.416 e. The van der Waals surface area contributed by atoms with Crippen LogP contribution in [0.3, 0.4) is 0 Å². The van der Waals surface area contributed by atoms with E-state index in [1.807, 2.05) is 4.90 Å². The predicted octanol–water partition coefficient (Wildman–Crippen LogP) is 5.40. The van der Waals surface area contributed by atoms with Crippen LogP contribution in [0, 0.1) is 18.8 Å². The number of aromatic nitrogens is 2. The highest BCUT2D eigenvalue weighted by atomic mass is 19.4. The summed E-state index contributed by atoms with van der Waals surface area (Å²) in [5.41, 5.74) is -1.49. The molecule has 3 aromatic rings. The Labute approximate surface area is 294 Å². The van der Waals surface area contributed by atoms with Crippen LogP contribution in [-0.2, 0) is 25.2 Å². The fraction of sp³-hybridized carbons (Fsp3) is 0.514. The van der Waals surface area contributed by atoms with E-state index in [0.29, 0.717) is 60.1 Å². The minimum atomic E-state index is -4.57. The molecule has 3 fully saturated rings. The van der Waals surface area contributed by atoms with E-state index in [1.54, 1.807) is 55.5 Å². The highest BCUT2D eigenvalue weighted by Gasteiger charge is 2.57. The standard InChI is InChI=1S/C37H43F4N5O5/c1-23-42-14-11-33(43-23)46-20-31(24-5-8-28(50-3)9-6-24)36(38,22-46)35(48)45-18-26(21-49-2)30(19-45)29-10-7-27(37(39,40)41)17-32(29)44-15-12-25(13-16-44)34(47)51-4/h5-11,14,17,25-26,30-31H,12-13,15-16,18-22H2,1-4H3/t26-,30+,31+,36+/m1/s1.